The fourth-order valence-electron chi connectivity index (χ4n) is 4.42. The van der Waals surface area contributed by atoms with Crippen LogP contribution in [0.15, 0.2) is 35.9 Å². The summed E-state index contributed by atoms with van der Waals surface area (Å²) in [5.74, 6) is -1.47. The Bertz CT molecular complexity index is 1110. The molecule has 0 bridgehead atoms. The molecule has 1 saturated heterocycles. The monoisotopic (exact) mass is 363 g/mol. The maximum Gasteiger partial charge on any atom is 0.398 e. The number of aryl methyl sites for hydroxylation is 1. The van der Waals surface area contributed by atoms with Crippen LogP contribution in [0, 0.1) is 12.8 Å². The fraction of sp³-hybridized carbons (Fsp3) is 0.333. The van der Waals surface area contributed by atoms with Crippen LogP contribution in [-0.2, 0) is 20.9 Å². The van der Waals surface area contributed by atoms with Crippen molar-refractivity contribution in [2.75, 3.05) is 6.61 Å². The smallest absolute Gasteiger partial charge is 0.398 e. The molecule has 1 amide bonds. The minimum atomic E-state index is -1.76. The molecule has 1 fully saturated rings. The predicted molar refractivity (Wildman–Crippen MR) is 97.3 cm³/mol. The third kappa shape index (κ3) is 1.99. The second-order valence-corrected chi connectivity index (χ2v) is 7.36. The van der Waals surface area contributed by atoms with Crippen molar-refractivity contribution in [1.29, 1.82) is 0 Å². The molecule has 2 aromatic rings. The van der Waals surface area contributed by atoms with Crippen molar-refractivity contribution in [1.82, 2.24) is 4.98 Å². The molecule has 1 aromatic heterocycles. The fourth-order valence-corrected chi connectivity index (χ4v) is 4.42. The number of esters is 1. The van der Waals surface area contributed by atoms with Gasteiger partial charge in [0.25, 0.3) is 0 Å². The highest BCUT2D eigenvalue weighted by Gasteiger charge is 2.56. The second kappa shape index (κ2) is 5.33. The van der Waals surface area contributed by atoms with Crippen molar-refractivity contribution in [3.63, 3.8) is 0 Å². The summed E-state index contributed by atoms with van der Waals surface area (Å²) in [5.41, 5.74) is 3.07. The Morgan fingerprint density at radius 3 is 2.89 bits per heavy atom. The lowest BCUT2D eigenvalue weighted by Crippen LogP contribution is -2.54. The normalized spacial score (nSPS) is 26.5. The van der Waals surface area contributed by atoms with Crippen molar-refractivity contribution in [2.45, 2.75) is 32.4 Å². The van der Waals surface area contributed by atoms with E-state index < -0.39 is 17.5 Å². The van der Waals surface area contributed by atoms with E-state index in [2.05, 4.69) is 0 Å². The Morgan fingerprint density at radius 2 is 2.11 bits per heavy atom. The highest BCUT2D eigenvalue weighted by Crippen LogP contribution is 2.39. The molecule has 1 unspecified atom stereocenters. The number of aliphatic hydroxyl groups is 1. The lowest BCUT2D eigenvalue weighted by Gasteiger charge is -2.36. The SMILES string of the molecule is CC[C@@]1(O)C(=O)OCC2C(=O)[N+]3=C(C=C21)c1nc2ccccc2c(C)c1C3. The number of cyclic esters (lactones) is 1. The first-order valence-electron chi connectivity index (χ1n) is 9.14. The molecule has 6 heteroatoms. The van der Waals surface area contributed by atoms with E-state index in [9.17, 15) is 14.7 Å². The van der Waals surface area contributed by atoms with Gasteiger partial charge in [0.1, 0.15) is 18.2 Å². The van der Waals surface area contributed by atoms with Crippen LogP contribution >= 0.6 is 0 Å². The first-order valence-corrected chi connectivity index (χ1v) is 9.14. The van der Waals surface area contributed by atoms with Gasteiger partial charge in [0.15, 0.2) is 12.1 Å². The molecular weight excluding hydrogens is 344 g/mol. The van der Waals surface area contributed by atoms with Gasteiger partial charge >= 0.3 is 11.9 Å². The molecular formula is C21H19N2O4+. The molecule has 0 aliphatic carbocycles. The number of fused-ring (bicyclic) bond motifs is 4. The Hall–Kier alpha value is -2.86. The summed E-state index contributed by atoms with van der Waals surface area (Å²) >= 11 is 0. The molecule has 27 heavy (non-hydrogen) atoms. The third-order valence-corrected chi connectivity index (χ3v) is 6.07. The van der Waals surface area contributed by atoms with E-state index in [1.807, 2.05) is 31.2 Å². The number of rotatable bonds is 1. The Kier molecular flexibility index (Phi) is 3.22. The summed E-state index contributed by atoms with van der Waals surface area (Å²) in [6.07, 6.45) is 1.94. The maximum absolute atomic E-state index is 13.2. The number of pyridine rings is 1. The van der Waals surface area contributed by atoms with Crippen LogP contribution in [0.1, 0.15) is 30.2 Å². The Labute approximate surface area is 155 Å². The average molecular weight is 363 g/mol. The number of ether oxygens (including phenoxy) is 1. The zero-order valence-electron chi connectivity index (χ0n) is 15.2. The summed E-state index contributed by atoms with van der Waals surface area (Å²) in [4.78, 5) is 30.2. The quantitative estimate of drug-likeness (QED) is 0.615. The highest BCUT2D eigenvalue weighted by atomic mass is 16.6. The molecule has 3 aliphatic rings. The minimum absolute atomic E-state index is 0.0275. The number of benzene rings is 1. The molecule has 6 nitrogen and oxygen atoms in total. The first kappa shape index (κ1) is 16.3. The highest BCUT2D eigenvalue weighted by molar-refractivity contribution is 6.13. The number of para-hydroxylation sites is 1. The lowest BCUT2D eigenvalue weighted by molar-refractivity contribution is -0.464. The summed E-state index contributed by atoms with van der Waals surface area (Å²) in [7, 11) is 0. The van der Waals surface area contributed by atoms with E-state index in [1.54, 1.807) is 17.6 Å². The number of hydrogen-bond donors (Lipinski definition) is 1. The van der Waals surface area contributed by atoms with Gasteiger partial charge in [0.2, 0.25) is 5.71 Å². The van der Waals surface area contributed by atoms with Crippen molar-refractivity contribution < 1.29 is 24.0 Å². The topological polar surface area (TPSA) is 79.5 Å². The van der Waals surface area contributed by atoms with Gasteiger partial charge in [-0.25, -0.2) is 14.6 Å². The van der Waals surface area contributed by atoms with Gasteiger partial charge in [-0.1, -0.05) is 25.1 Å². The molecule has 4 heterocycles. The number of hydrogen-bond acceptors (Lipinski definition) is 5. The molecule has 2 atom stereocenters. The summed E-state index contributed by atoms with van der Waals surface area (Å²) in [5, 5.41) is 12.0. The van der Waals surface area contributed by atoms with Crippen LogP contribution in [0.3, 0.4) is 0 Å². The van der Waals surface area contributed by atoms with Gasteiger partial charge < -0.3 is 9.84 Å². The largest absolute Gasteiger partial charge is 0.462 e. The Morgan fingerprint density at radius 1 is 1.33 bits per heavy atom. The molecule has 3 aliphatic heterocycles. The zero-order chi connectivity index (χ0) is 18.9. The molecule has 0 radical (unpaired) electrons. The van der Waals surface area contributed by atoms with E-state index in [1.165, 1.54) is 0 Å². The predicted octanol–water partition coefficient (Wildman–Crippen LogP) is 1.64. The van der Waals surface area contributed by atoms with Crippen molar-refractivity contribution in [3.8, 4) is 0 Å². The van der Waals surface area contributed by atoms with Gasteiger partial charge in [-0.15, -0.1) is 0 Å². The molecule has 1 aromatic carbocycles. The molecule has 0 saturated carbocycles. The zero-order valence-corrected chi connectivity index (χ0v) is 15.2. The third-order valence-electron chi connectivity index (χ3n) is 6.07. The molecule has 136 valence electrons. The van der Waals surface area contributed by atoms with Crippen LogP contribution < -0.4 is 0 Å². The lowest BCUT2D eigenvalue weighted by atomic mass is 9.78. The van der Waals surface area contributed by atoms with Crippen LogP contribution in [0.25, 0.3) is 10.9 Å². The minimum Gasteiger partial charge on any atom is -0.462 e. The molecule has 0 spiro atoms. The van der Waals surface area contributed by atoms with Crippen molar-refractivity contribution >= 4 is 28.5 Å². The number of nitrogens with zero attached hydrogens (tertiary/aromatic N) is 2. The van der Waals surface area contributed by atoms with Crippen LogP contribution in [0.5, 0.6) is 0 Å². The van der Waals surface area contributed by atoms with E-state index >= 15 is 0 Å². The van der Waals surface area contributed by atoms with Crippen LogP contribution in [-0.4, -0.2) is 44.5 Å². The number of carbonyl (C=O) groups is 2. The summed E-state index contributed by atoms with van der Waals surface area (Å²) in [6.45, 7) is 4.18. The van der Waals surface area contributed by atoms with Gasteiger partial charge in [-0.3, -0.25) is 0 Å². The van der Waals surface area contributed by atoms with Crippen molar-refractivity contribution in [3.05, 3.63) is 52.7 Å². The van der Waals surface area contributed by atoms with E-state index in [-0.39, 0.29) is 18.9 Å². The van der Waals surface area contributed by atoms with E-state index in [4.69, 9.17) is 9.72 Å². The van der Waals surface area contributed by atoms with Crippen LogP contribution in [0.4, 0.5) is 0 Å². The van der Waals surface area contributed by atoms with Gasteiger partial charge in [0, 0.05) is 11.5 Å². The summed E-state index contributed by atoms with van der Waals surface area (Å²) < 4.78 is 6.84. The number of amides is 1. The first-order chi connectivity index (χ1) is 13.0. The van der Waals surface area contributed by atoms with E-state index in [0.29, 0.717) is 17.8 Å². The van der Waals surface area contributed by atoms with Crippen molar-refractivity contribution in [2.24, 2.45) is 5.92 Å². The van der Waals surface area contributed by atoms with Gasteiger partial charge in [-0.05, 0) is 30.5 Å². The van der Waals surface area contributed by atoms with Crippen LogP contribution in [0.2, 0.25) is 0 Å². The number of aromatic nitrogens is 1. The van der Waals surface area contributed by atoms with Gasteiger partial charge in [0.05, 0.1) is 11.1 Å². The maximum atomic E-state index is 13.2. The standard InChI is InChI=1S/C21H19N2O4/c1-3-21(26)15-8-17-18-13(11(2)12-6-4-5-7-16(12)22-18)9-23(17)19(24)14(15)10-27-20(21)25/h4-8,14,26H,3,9-10H2,1-2H3/q+1/t14?,21-/m0/s1. The number of carbonyl (C=O) groups excluding carboxylic acids is 2. The average Bonchev–Trinajstić information content (AvgIpc) is 3.05. The second-order valence-electron chi connectivity index (χ2n) is 7.36. The van der Waals surface area contributed by atoms with E-state index in [0.717, 1.165) is 27.7 Å². The molecule has 1 N–H and O–H groups in total. The number of allylic oxidation sites excluding steroid dienone is 1. The van der Waals surface area contributed by atoms with Gasteiger partial charge in [-0.2, -0.15) is 4.58 Å². The summed E-state index contributed by atoms with van der Waals surface area (Å²) in [6, 6.07) is 7.89. The molecule has 5 rings (SSSR count). The Balaban J connectivity index is 1.75.